The minimum absolute atomic E-state index is 0.794. The molecule has 1 aromatic rings. The molecular weight excluding hydrogens is 166 g/mol. The molecule has 10 heavy (non-hydrogen) atoms. The first-order valence-corrected chi connectivity index (χ1v) is 3.34. The summed E-state index contributed by atoms with van der Waals surface area (Å²) in [4.78, 5) is 0. The van der Waals surface area contributed by atoms with Gasteiger partial charge in [0, 0.05) is 5.02 Å². The normalized spacial score (nSPS) is 6.90. The molecule has 1 nitrogen and oxygen atoms in total. The van der Waals surface area contributed by atoms with Gasteiger partial charge in [0.05, 0.1) is 5.16 Å². The van der Waals surface area contributed by atoms with E-state index in [0.717, 1.165) is 5.02 Å². The van der Waals surface area contributed by atoms with Crippen LogP contribution < -0.4 is 0 Å². The smallest absolute Gasteiger partial charge is 0.0554 e. The highest BCUT2D eigenvalue weighted by molar-refractivity contribution is 7.78. The third-order valence-corrected chi connectivity index (χ3v) is 0.985. The van der Waals surface area contributed by atoms with E-state index < -0.39 is 0 Å². The number of rotatable bonds is 0. The van der Waals surface area contributed by atoms with Crippen LogP contribution in [0.3, 0.4) is 0 Å². The zero-order valence-corrected chi connectivity index (χ0v) is 6.75. The Bertz CT molecular complexity index is 204. The van der Waals surface area contributed by atoms with E-state index >= 15 is 0 Å². The van der Waals surface area contributed by atoms with Crippen molar-refractivity contribution in [3.8, 4) is 0 Å². The largest absolute Gasteiger partial charge is 0.248 e. The van der Waals surface area contributed by atoms with Crippen molar-refractivity contribution in [3.05, 3.63) is 35.4 Å². The maximum absolute atomic E-state index is 5.77. The molecule has 0 bridgehead atoms. The average molecular weight is 172 g/mol. The number of nitrogens with one attached hydrogen (secondary N) is 1. The monoisotopic (exact) mass is 171 g/mol. The maximum atomic E-state index is 5.77. The van der Waals surface area contributed by atoms with Crippen molar-refractivity contribution in [2.45, 2.75) is 0 Å². The Labute approximate surface area is 70.1 Å². The zero-order valence-electron chi connectivity index (χ0n) is 5.17. The lowest BCUT2D eigenvalue weighted by atomic mass is 10.4. The van der Waals surface area contributed by atoms with Crippen LogP contribution in [0.25, 0.3) is 0 Å². The fraction of sp³-hybridized carbons (Fsp3) is 0. The van der Waals surface area contributed by atoms with Gasteiger partial charge in [-0.05, 0) is 24.4 Å². The third-order valence-electron chi connectivity index (χ3n) is 0.733. The molecule has 0 heterocycles. The molecule has 0 saturated heterocycles. The lowest BCUT2D eigenvalue weighted by Crippen LogP contribution is -1.55. The molecule has 0 aliphatic rings. The molecule has 0 aromatic heterocycles. The Morgan fingerprint density at radius 2 is 1.70 bits per heavy atom. The number of hydrogen-bond donors (Lipinski definition) is 1. The van der Waals surface area contributed by atoms with Crippen LogP contribution in [0.4, 0.5) is 0 Å². The Kier molecular flexibility index (Phi) is 5.99. The Balaban J connectivity index is 0.000000236. The van der Waals surface area contributed by atoms with Crippen molar-refractivity contribution in [2.24, 2.45) is 0 Å². The second-order valence-corrected chi connectivity index (χ2v) is 2.04. The third kappa shape index (κ3) is 5.45. The summed E-state index contributed by atoms with van der Waals surface area (Å²) < 4.78 is 0. The van der Waals surface area contributed by atoms with E-state index in [-0.39, 0.29) is 0 Å². The first kappa shape index (κ1) is 9.31. The fourth-order valence-electron chi connectivity index (χ4n) is 0.415. The molecule has 0 radical (unpaired) electrons. The molecule has 0 saturated carbocycles. The first-order chi connectivity index (χ1) is 4.81. The molecule has 0 spiro atoms. The van der Waals surface area contributed by atoms with E-state index in [2.05, 4.69) is 12.2 Å². The SMILES string of the molecule is Clc1ccccc1.N=C=S. The van der Waals surface area contributed by atoms with Crippen LogP contribution in [0.5, 0.6) is 0 Å². The van der Waals surface area contributed by atoms with E-state index in [1.54, 1.807) is 5.16 Å². The van der Waals surface area contributed by atoms with Gasteiger partial charge in [-0.3, -0.25) is 0 Å². The Morgan fingerprint density at radius 3 is 1.90 bits per heavy atom. The molecule has 0 fully saturated rings. The molecule has 0 unspecified atom stereocenters. The van der Waals surface area contributed by atoms with Gasteiger partial charge in [-0.1, -0.05) is 29.8 Å². The quantitative estimate of drug-likeness (QED) is 0.471. The molecule has 0 amide bonds. The van der Waals surface area contributed by atoms with Crippen LogP contribution >= 0.6 is 23.8 Å². The van der Waals surface area contributed by atoms with Crippen molar-refractivity contribution in [3.63, 3.8) is 0 Å². The van der Waals surface area contributed by atoms with Crippen molar-refractivity contribution in [2.75, 3.05) is 0 Å². The predicted molar refractivity (Wildman–Crippen MR) is 46.8 cm³/mol. The summed E-state index contributed by atoms with van der Waals surface area (Å²) in [5.74, 6) is 0. The number of thiocarbonyl (C=S) groups is 1. The number of halogens is 1. The van der Waals surface area contributed by atoms with Gasteiger partial charge in [0.2, 0.25) is 0 Å². The molecule has 3 heteroatoms. The number of isothiocyanates is 1. The summed E-state index contributed by atoms with van der Waals surface area (Å²) in [6, 6.07) is 9.44. The molecule has 1 rings (SSSR count). The molecule has 1 N–H and O–H groups in total. The fourth-order valence-corrected chi connectivity index (χ4v) is 0.560. The molecule has 1 aromatic carbocycles. The predicted octanol–water partition coefficient (Wildman–Crippen LogP) is 3.01. The van der Waals surface area contributed by atoms with Gasteiger partial charge < -0.3 is 0 Å². The van der Waals surface area contributed by atoms with Crippen molar-refractivity contribution >= 4 is 29.0 Å². The maximum Gasteiger partial charge on any atom is 0.0554 e. The van der Waals surface area contributed by atoms with Crippen LogP contribution in [0.15, 0.2) is 30.3 Å². The zero-order chi connectivity index (χ0) is 7.82. The lowest BCUT2D eigenvalue weighted by molar-refractivity contribution is 1.61. The first-order valence-electron chi connectivity index (χ1n) is 2.55. The molecule has 0 aliphatic heterocycles. The van der Waals surface area contributed by atoms with E-state index in [4.69, 9.17) is 17.0 Å². The minimum atomic E-state index is 0.794. The number of hydrogen-bond acceptors (Lipinski definition) is 2. The van der Waals surface area contributed by atoms with Crippen LogP contribution in [0.2, 0.25) is 5.02 Å². The van der Waals surface area contributed by atoms with E-state index in [1.807, 2.05) is 30.3 Å². The summed E-state index contributed by atoms with van der Waals surface area (Å²) in [6.45, 7) is 0. The average Bonchev–Trinajstić information content (AvgIpc) is 1.91. The van der Waals surface area contributed by atoms with E-state index in [1.165, 1.54) is 0 Å². The van der Waals surface area contributed by atoms with E-state index in [0.29, 0.717) is 0 Å². The summed E-state index contributed by atoms with van der Waals surface area (Å²) in [5, 5.41) is 8.15. The van der Waals surface area contributed by atoms with Gasteiger partial charge in [0.15, 0.2) is 0 Å². The molecule has 0 atom stereocenters. The highest BCUT2D eigenvalue weighted by atomic mass is 35.5. The summed E-state index contributed by atoms with van der Waals surface area (Å²) in [5.41, 5.74) is 0. The Morgan fingerprint density at radius 1 is 1.30 bits per heavy atom. The highest BCUT2D eigenvalue weighted by Crippen LogP contribution is 2.03. The molecule has 0 aliphatic carbocycles. The number of benzene rings is 1. The van der Waals surface area contributed by atoms with Crippen LogP contribution in [0, 0.1) is 5.41 Å². The summed E-state index contributed by atoms with van der Waals surface area (Å²) in [6.07, 6.45) is 0. The van der Waals surface area contributed by atoms with Crippen LogP contribution in [-0.4, -0.2) is 5.16 Å². The van der Waals surface area contributed by atoms with Crippen molar-refractivity contribution < 1.29 is 0 Å². The van der Waals surface area contributed by atoms with E-state index in [9.17, 15) is 0 Å². The molecule has 52 valence electrons. The standard InChI is InChI=1S/C6H5Cl.CHNS/c7-6-4-2-1-3-5-6;2-1-3/h1-5H;2H. The summed E-state index contributed by atoms with van der Waals surface area (Å²) >= 11 is 9.35. The minimum Gasteiger partial charge on any atom is -0.248 e. The second kappa shape index (κ2) is 6.43. The highest BCUT2D eigenvalue weighted by Gasteiger charge is 1.74. The lowest BCUT2D eigenvalue weighted by Gasteiger charge is -1.80. The van der Waals surface area contributed by atoms with Gasteiger partial charge in [-0.15, -0.1) is 0 Å². The van der Waals surface area contributed by atoms with Crippen LogP contribution in [0.1, 0.15) is 0 Å². The Hall–Kier alpha value is -0.690. The van der Waals surface area contributed by atoms with Crippen molar-refractivity contribution in [1.82, 2.24) is 0 Å². The van der Waals surface area contributed by atoms with Gasteiger partial charge >= 0.3 is 0 Å². The van der Waals surface area contributed by atoms with Crippen molar-refractivity contribution in [1.29, 1.82) is 5.41 Å². The molecular formula is C7H6ClNS. The summed E-state index contributed by atoms with van der Waals surface area (Å²) in [7, 11) is 0. The van der Waals surface area contributed by atoms with Crippen LogP contribution in [-0.2, 0) is 0 Å². The van der Waals surface area contributed by atoms with Gasteiger partial charge in [-0.2, -0.15) is 0 Å². The van der Waals surface area contributed by atoms with Gasteiger partial charge in [0.1, 0.15) is 0 Å². The van der Waals surface area contributed by atoms with Gasteiger partial charge in [0.25, 0.3) is 0 Å². The topological polar surface area (TPSA) is 23.9 Å². The van der Waals surface area contributed by atoms with Gasteiger partial charge in [-0.25, -0.2) is 5.41 Å². The second-order valence-electron chi connectivity index (χ2n) is 1.40.